The molecule has 1 saturated heterocycles. The zero-order valence-electron chi connectivity index (χ0n) is 10.1. The van der Waals surface area contributed by atoms with Gasteiger partial charge in [0.1, 0.15) is 5.60 Å². The number of carbonyl (C=O) groups is 1. The third-order valence-corrected chi connectivity index (χ3v) is 2.91. The van der Waals surface area contributed by atoms with Crippen LogP contribution in [0.2, 0.25) is 0 Å². The van der Waals surface area contributed by atoms with Crippen LogP contribution in [0, 0.1) is 0 Å². The number of methoxy groups -OCH3 is 1. The molecular formula is C10H18ClF3N2O2. The molecule has 0 radical (unpaired) electrons. The monoisotopic (exact) mass is 290 g/mol. The van der Waals surface area contributed by atoms with Crippen LogP contribution in [0.1, 0.15) is 19.3 Å². The van der Waals surface area contributed by atoms with Gasteiger partial charge in [0, 0.05) is 13.7 Å². The number of halogens is 4. The maximum absolute atomic E-state index is 11.9. The topological polar surface area (TPSA) is 50.4 Å². The van der Waals surface area contributed by atoms with Crippen molar-refractivity contribution in [1.29, 1.82) is 0 Å². The molecule has 0 atom stereocenters. The highest BCUT2D eigenvalue weighted by atomic mass is 35.5. The van der Waals surface area contributed by atoms with Gasteiger partial charge < -0.3 is 15.4 Å². The Morgan fingerprint density at radius 2 is 1.94 bits per heavy atom. The lowest BCUT2D eigenvalue weighted by Gasteiger charge is -2.34. The average Bonchev–Trinajstić information content (AvgIpc) is 2.28. The number of amides is 1. The SMILES string of the molecule is COC1(C(=O)NCCC(F)(F)F)CCNCC1.Cl. The second kappa shape index (κ2) is 7.16. The van der Waals surface area contributed by atoms with Crippen molar-refractivity contribution in [1.82, 2.24) is 10.6 Å². The van der Waals surface area contributed by atoms with Gasteiger partial charge >= 0.3 is 6.18 Å². The fourth-order valence-corrected chi connectivity index (χ4v) is 1.83. The summed E-state index contributed by atoms with van der Waals surface area (Å²) in [6.45, 7) is 0.849. The minimum atomic E-state index is -4.25. The molecule has 0 aromatic carbocycles. The van der Waals surface area contributed by atoms with Crippen LogP contribution in [0.3, 0.4) is 0 Å². The van der Waals surface area contributed by atoms with E-state index in [2.05, 4.69) is 10.6 Å². The first kappa shape index (κ1) is 17.5. The molecule has 0 aliphatic carbocycles. The van der Waals surface area contributed by atoms with E-state index < -0.39 is 30.7 Å². The molecular weight excluding hydrogens is 273 g/mol. The quantitative estimate of drug-likeness (QED) is 0.819. The van der Waals surface area contributed by atoms with Crippen LogP contribution in [0.25, 0.3) is 0 Å². The molecule has 2 N–H and O–H groups in total. The molecule has 0 unspecified atom stereocenters. The van der Waals surface area contributed by atoms with Gasteiger partial charge in [-0.2, -0.15) is 13.2 Å². The lowest BCUT2D eigenvalue weighted by atomic mass is 9.91. The molecule has 1 aliphatic rings. The number of hydrogen-bond donors (Lipinski definition) is 2. The van der Waals surface area contributed by atoms with Crippen molar-refractivity contribution in [2.45, 2.75) is 31.0 Å². The molecule has 1 amide bonds. The van der Waals surface area contributed by atoms with Gasteiger partial charge in [0.05, 0.1) is 6.42 Å². The predicted molar refractivity (Wildman–Crippen MR) is 62.8 cm³/mol. The van der Waals surface area contributed by atoms with Crippen LogP contribution in [-0.2, 0) is 9.53 Å². The van der Waals surface area contributed by atoms with E-state index in [1.54, 1.807) is 0 Å². The molecule has 1 heterocycles. The molecule has 0 spiro atoms. The van der Waals surface area contributed by atoms with E-state index in [0.717, 1.165) is 0 Å². The van der Waals surface area contributed by atoms with Crippen LogP contribution in [0.4, 0.5) is 13.2 Å². The summed E-state index contributed by atoms with van der Waals surface area (Å²) in [5.41, 5.74) is -0.975. The maximum atomic E-state index is 11.9. The van der Waals surface area contributed by atoms with Crippen molar-refractivity contribution in [2.75, 3.05) is 26.7 Å². The van der Waals surface area contributed by atoms with E-state index >= 15 is 0 Å². The highest BCUT2D eigenvalue weighted by molar-refractivity contribution is 5.85. The number of hydrogen-bond acceptors (Lipinski definition) is 3. The van der Waals surface area contributed by atoms with Crippen molar-refractivity contribution in [3.63, 3.8) is 0 Å². The number of piperidine rings is 1. The number of rotatable bonds is 4. The molecule has 0 saturated carbocycles. The third kappa shape index (κ3) is 4.99. The highest BCUT2D eigenvalue weighted by Gasteiger charge is 2.39. The van der Waals surface area contributed by atoms with Crippen molar-refractivity contribution in [2.24, 2.45) is 0 Å². The molecule has 0 bridgehead atoms. The molecule has 1 aliphatic heterocycles. The summed E-state index contributed by atoms with van der Waals surface area (Å²) in [6, 6.07) is 0. The van der Waals surface area contributed by atoms with Crippen molar-refractivity contribution < 1.29 is 22.7 Å². The van der Waals surface area contributed by atoms with Crippen LogP contribution in [0.5, 0.6) is 0 Å². The van der Waals surface area contributed by atoms with Gasteiger partial charge in [-0.3, -0.25) is 4.79 Å². The first-order valence-electron chi connectivity index (χ1n) is 5.50. The minimum Gasteiger partial charge on any atom is -0.368 e. The molecule has 108 valence electrons. The Hall–Kier alpha value is -0.530. The van der Waals surface area contributed by atoms with Gasteiger partial charge in [0.25, 0.3) is 5.91 Å². The van der Waals surface area contributed by atoms with Gasteiger partial charge in [0.15, 0.2) is 0 Å². The second-order valence-electron chi connectivity index (χ2n) is 4.07. The molecule has 18 heavy (non-hydrogen) atoms. The zero-order valence-corrected chi connectivity index (χ0v) is 10.9. The van der Waals surface area contributed by atoms with E-state index in [9.17, 15) is 18.0 Å². The molecule has 1 rings (SSSR count). The zero-order chi connectivity index (χ0) is 12.9. The number of carbonyl (C=O) groups excluding carboxylic acids is 1. The Bertz CT molecular complexity index is 268. The first-order valence-corrected chi connectivity index (χ1v) is 5.50. The Morgan fingerprint density at radius 1 is 1.39 bits per heavy atom. The molecule has 1 fully saturated rings. The largest absolute Gasteiger partial charge is 0.390 e. The Labute approximate surface area is 110 Å². The summed E-state index contributed by atoms with van der Waals surface area (Å²) in [5.74, 6) is -0.453. The smallest absolute Gasteiger partial charge is 0.368 e. The van der Waals surface area contributed by atoms with Gasteiger partial charge in [0.2, 0.25) is 0 Å². The Morgan fingerprint density at radius 3 is 2.39 bits per heavy atom. The summed E-state index contributed by atoms with van der Waals surface area (Å²) in [7, 11) is 1.41. The fraction of sp³-hybridized carbons (Fsp3) is 0.900. The number of alkyl halides is 3. The standard InChI is InChI=1S/C10H17F3N2O2.ClH/c1-17-9(2-5-14-6-3-9)8(16)15-7-4-10(11,12)13;/h14H,2-7H2,1H3,(H,15,16);1H. The summed E-state index contributed by atoms with van der Waals surface area (Å²) in [6.07, 6.45) is -4.32. The summed E-state index contributed by atoms with van der Waals surface area (Å²) >= 11 is 0. The minimum absolute atomic E-state index is 0. The second-order valence-corrected chi connectivity index (χ2v) is 4.07. The molecule has 0 aromatic heterocycles. The Kier molecular flexibility index (Phi) is 6.94. The molecule has 8 heteroatoms. The van der Waals surface area contributed by atoms with Gasteiger partial charge in [-0.15, -0.1) is 12.4 Å². The lowest BCUT2D eigenvalue weighted by molar-refractivity contribution is -0.149. The van der Waals surface area contributed by atoms with Crippen molar-refractivity contribution in [3.8, 4) is 0 Å². The fourth-order valence-electron chi connectivity index (χ4n) is 1.83. The molecule has 0 aromatic rings. The van der Waals surface area contributed by atoms with Gasteiger partial charge in [-0.25, -0.2) is 0 Å². The van der Waals surface area contributed by atoms with Crippen LogP contribution in [-0.4, -0.2) is 44.4 Å². The Balaban J connectivity index is 0.00000289. The van der Waals surface area contributed by atoms with Crippen LogP contribution < -0.4 is 10.6 Å². The molecule has 4 nitrogen and oxygen atoms in total. The number of nitrogens with one attached hydrogen (secondary N) is 2. The maximum Gasteiger partial charge on any atom is 0.390 e. The van der Waals surface area contributed by atoms with Crippen LogP contribution in [0.15, 0.2) is 0 Å². The average molecular weight is 291 g/mol. The predicted octanol–water partition coefficient (Wildman–Crippen LogP) is 1.25. The van der Waals surface area contributed by atoms with Crippen LogP contribution >= 0.6 is 12.4 Å². The summed E-state index contributed by atoms with van der Waals surface area (Å²) in [4.78, 5) is 11.8. The third-order valence-electron chi connectivity index (χ3n) is 2.91. The normalized spacial score (nSPS) is 18.9. The van der Waals surface area contributed by atoms with E-state index in [0.29, 0.717) is 25.9 Å². The van der Waals surface area contributed by atoms with E-state index in [4.69, 9.17) is 4.74 Å². The van der Waals surface area contributed by atoms with Crippen molar-refractivity contribution >= 4 is 18.3 Å². The van der Waals surface area contributed by atoms with Crippen molar-refractivity contribution in [3.05, 3.63) is 0 Å². The lowest BCUT2D eigenvalue weighted by Crippen LogP contribution is -2.54. The highest BCUT2D eigenvalue weighted by Crippen LogP contribution is 2.23. The van der Waals surface area contributed by atoms with E-state index in [1.807, 2.05) is 0 Å². The van der Waals surface area contributed by atoms with E-state index in [-0.39, 0.29) is 12.4 Å². The summed E-state index contributed by atoms with van der Waals surface area (Å²) in [5, 5.41) is 5.36. The summed E-state index contributed by atoms with van der Waals surface area (Å²) < 4.78 is 41.0. The number of ether oxygens (including phenoxy) is 1. The van der Waals surface area contributed by atoms with E-state index in [1.165, 1.54) is 7.11 Å². The van der Waals surface area contributed by atoms with Gasteiger partial charge in [-0.05, 0) is 25.9 Å². The van der Waals surface area contributed by atoms with Gasteiger partial charge in [-0.1, -0.05) is 0 Å². The first-order chi connectivity index (χ1) is 7.90.